The fourth-order valence-corrected chi connectivity index (χ4v) is 2.08. The van der Waals surface area contributed by atoms with Crippen molar-refractivity contribution in [3.05, 3.63) is 81.9 Å². The van der Waals surface area contributed by atoms with Crippen LogP contribution in [0.3, 0.4) is 0 Å². The molecule has 27 heavy (non-hydrogen) atoms. The second kappa shape index (κ2) is 11.8. The van der Waals surface area contributed by atoms with Crippen LogP contribution < -0.4 is 5.73 Å². The number of hydrogen-bond donors (Lipinski definition) is 1. The Labute approximate surface area is 187 Å². The Kier molecular flexibility index (Phi) is 10.1. The van der Waals surface area contributed by atoms with Gasteiger partial charge in [-0.05, 0) is 47.5 Å². The first-order valence-electron chi connectivity index (χ1n) is 7.90. The minimum Gasteiger partial charge on any atom is -0.368 e. The Balaban J connectivity index is 0.00000364. The van der Waals surface area contributed by atoms with Gasteiger partial charge in [0.2, 0.25) is 5.96 Å². The number of hydrogen-bond acceptors (Lipinski definition) is 2. The highest BCUT2D eigenvalue weighted by atomic mass is 127. The molecule has 0 aliphatic heterocycles. The molecule has 0 heterocycles. The molecule has 2 N–H and O–H groups in total. The van der Waals surface area contributed by atoms with Crippen molar-refractivity contribution < 1.29 is 0 Å². The monoisotopic (exact) mass is 514 g/mol. The second-order valence-electron chi connectivity index (χ2n) is 5.65. The molecule has 2 aromatic carbocycles. The summed E-state index contributed by atoms with van der Waals surface area (Å²) in [6.45, 7) is 0. The Hall–Kier alpha value is -1.83. The highest BCUT2D eigenvalue weighted by molar-refractivity contribution is 14.0. The van der Waals surface area contributed by atoms with Gasteiger partial charge in [-0.3, -0.25) is 0 Å². The molecule has 0 aliphatic rings. The zero-order chi connectivity index (χ0) is 18.9. The Morgan fingerprint density at radius 2 is 1.22 bits per heavy atom. The SMILES string of the molecule is CN(C)C(N)=NN=C(C=Cc1ccc(Cl)cc1)C=Cc1ccc(Cl)cc1.I. The van der Waals surface area contributed by atoms with E-state index in [0.29, 0.717) is 21.7 Å². The van der Waals surface area contributed by atoms with Gasteiger partial charge in [-0.1, -0.05) is 59.6 Å². The zero-order valence-corrected chi connectivity index (χ0v) is 18.9. The Morgan fingerprint density at radius 1 is 0.815 bits per heavy atom. The number of allylic oxidation sites excluding steroid dienone is 2. The molecule has 0 atom stereocenters. The maximum atomic E-state index is 5.91. The largest absolute Gasteiger partial charge is 0.368 e. The summed E-state index contributed by atoms with van der Waals surface area (Å²) in [5.74, 6) is 0.322. The molecular formula is C20H21Cl2IN4. The molecule has 0 saturated carbocycles. The van der Waals surface area contributed by atoms with Gasteiger partial charge in [-0.2, -0.15) is 0 Å². The molecule has 2 aromatic rings. The summed E-state index contributed by atoms with van der Waals surface area (Å²) in [5, 5.41) is 9.66. The van der Waals surface area contributed by atoms with Crippen LogP contribution in [0.2, 0.25) is 10.0 Å². The first-order valence-corrected chi connectivity index (χ1v) is 8.65. The molecule has 0 unspecified atom stereocenters. The third-order valence-corrected chi connectivity index (χ3v) is 3.86. The molecule has 0 amide bonds. The smallest absolute Gasteiger partial charge is 0.215 e. The molecule has 142 valence electrons. The molecule has 7 heteroatoms. The van der Waals surface area contributed by atoms with Crippen molar-refractivity contribution in [1.82, 2.24) is 4.90 Å². The molecule has 2 rings (SSSR count). The van der Waals surface area contributed by atoms with E-state index in [1.807, 2.05) is 72.8 Å². The van der Waals surface area contributed by atoms with E-state index in [1.165, 1.54) is 0 Å². The Morgan fingerprint density at radius 3 is 1.59 bits per heavy atom. The summed E-state index contributed by atoms with van der Waals surface area (Å²) in [6.07, 6.45) is 7.59. The van der Waals surface area contributed by atoms with E-state index < -0.39 is 0 Å². The average molecular weight is 515 g/mol. The summed E-state index contributed by atoms with van der Waals surface area (Å²) in [4.78, 5) is 1.69. The fraction of sp³-hybridized carbons (Fsp3) is 0.100. The van der Waals surface area contributed by atoms with Crippen molar-refractivity contribution >= 4 is 71.0 Å². The lowest BCUT2D eigenvalue weighted by Crippen LogP contribution is -2.29. The third-order valence-electron chi connectivity index (χ3n) is 3.36. The molecule has 0 aromatic heterocycles. The highest BCUT2D eigenvalue weighted by Gasteiger charge is 1.95. The average Bonchev–Trinajstić information content (AvgIpc) is 2.63. The van der Waals surface area contributed by atoms with E-state index in [-0.39, 0.29) is 24.0 Å². The lowest BCUT2D eigenvalue weighted by atomic mass is 10.1. The fourth-order valence-electron chi connectivity index (χ4n) is 1.83. The lowest BCUT2D eigenvalue weighted by Gasteiger charge is -2.07. The first kappa shape index (κ1) is 23.2. The molecule has 0 spiro atoms. The van der Waals surface area contributed by atoms with Crippen LogP contribution in [0.1, 0.15) is 11.1 Å². The van der Waals surface area contributed by atoms with E-state index in [9.17, 15) is 0 Å². The normalized spacial score (nSPS) is 11.5. The van der Waals surface area contributed by atoms with E-state index in [1.54, 1.807) is 19.0 Å². The molecule has 0 saturated heterocycles. The quantitative estimate of drug-likeness (QED) is 0.245. The highest BCUT2D eigenvalue weighted by Crippen LogP contribution is 2.12. The van der Waals surface area contributed by atoms with Crippen molar-refractivity contribution in [2.45, 2.75) is 0 Å². The maximum Gasteiger partial charge on any atom is 0.215 e. The van der Waals surface area contributed by atoms with Gasteiger partial charge in [0.05, 0.1) is 5.71 Å². The predicted molar refractivity (Wildman–Crippen MR) is 129 cm³/mol. The van der Waals surface area contributed by atoms with E-state index >= 15 is 0 Å². The van der Waals surface area contributed by atoms with Crippen LogP contribution >= 0.6 is 47.2 Å². The number of halogens is 3. The topological polar surface area (TPSA) is 54.0 Å². The molecule has 4 nitrogen and oxygen atoms in total. The van der Waals surface area contributed by atoms with E-state index in [2.05, 4.69) is 10.2 Å². The van der Waals surface area contributed by atoms with Crippen molar-refractivity contribution in [2.75, 3.05) is 14.1 Å². The van der Waals surface area contributed by atoms with Crippen LogP contribution in [0.4, 0.5) is 0 Å². The van der Waals surface area contributed by atoms with Gasteiger partial charge >= 0.3 is 0 Å². The number of guanidine groups is 1. The summed E-state index contributed by atoms with van der Waals surface area (Å²) in [7, 11) is 3.61. The molecular weight excluding hydrogens is 494 g/mol. The number of benzene rings is 2. The predicted octanol–water partition coefficient (Wildman–Crippen LogP) is 5.57. The van der Waals surface area contributed by atoms with Gasteiger partial charge in [0.1, 0.15) is 0 Å². The summed E-state index contributed by atoms with van der Waals surface area (Å²) >= 11 is 11.8. The van der Waals surface area contributed by atoms with Crippen molar-refractivity contribution in [2.24, 2.45) is 15.9 Å². The first-order chi connectivity index (χ1) is 12.4. The molecule has 0 radical (unpaired) electrons. The summed E-state index contributed by atoms with van der Waals surface area (Å²) in [6, 6.07) is 15.1. The van der Waals surface area contributed by atoms with Gasteiger partial charge in [-0.15, -0.1) is 34.2 Å². The number of rotatable bonds is 5. The van der Waals surface area contributed by atoms with E-state index in [4.69, 9.17) is 28.9 Å². The number of nitrogens with zero attached hydrogens (tertiary/aromatic N) is 3. The van der Waals surface area contributed by atoms with E-state index in [0.717, 1.165) is 11.1 Å². The van der Waals surface area contributed by atoms with Crippen LogP contribution in [0.5, 0.6) is 0 Å². The van der Waals surface area contributed by atoms with Crippen molar-refractivity contribution in [3.63, 3.8) is 0 Å². The second-order valence-corrected chi connectivity index (χ2v) is 6.52. The van der Waals surface area contributed by atoms with Crippen molar-refractivity contribution in [3.8, 4) is 0 Å². The minimum absolute atomic E-state index is 0. The van der Waals surface area contributed by atoms with Crippen LogP contribution in [0.15, 0.2) is 70.9 Å². The maximum absolute atomic E-state index is 5.91. The van der Waals surface area contributed by atoms with Crippen LogP contribution in [-0.4, -0.2) is 30.7 Å². The summed E-state index contributed by atoms with van der Waals surface area (Å²) < 4.78 is 0. The molecule has 0 fully saturated rings. The van der Waals surface area contributed by atoms with Gasteiger partial charge < -0.3 is 10.6 Å². The van der Waals surface area contributed by atoms with Gasteiger partial charge in [0.15, 0.2) is 0 Å². The number of nitrogens with two attached hydrogens (primary N) is 1. The van der Waals surface area contributed by atoms with Gasteiger partial charge in [-0.25, -0.2) is 0 Å². The van der Waals surface area contributed by atoms with Gasteiger partial charge in [0, 0.05) is 24.1 Å². The van der Waals surface area contributed by atoms with Crippen molar-refractivity contribution in [1.29, 1.82) is 0 Å². The molecule has 0 aliphatic carbocycles. The zero-order valence-electron chi connectivity index (χ0n) is 15.0. The molecule has 0 bridgehead atoms. The van der Waals surface area contributed by atoms with Crippen LogP contribution in [0, 0.1) is 0 Å². The third kappa shape index (κ3) is 8.60. The summed E-state index contributed by atoms with van der Waals surface area (Å²) in [5.41, 5.74) is 8.47. The van der Waals surface area contributed by atoms with Gasteiger partial charge in [0.25, 0.3) is 0 Å². The van der Waals surface area contributed by atoms with Crippen LogP contribution in [0.25, 0.3) is 12.2 Å². The lowest BCUT2D eigenvalue weighted by molar-refractivity contribution is 0.611. The van der Waals surface area contributed by atoms with Crippen LogP contribution in [-0.2, 0) is 0 Å². The standard InChI is InChI=1S/C20H20Cl2N4.HI/c1-26(2)20(23)25-24-19(13-7-15-3-9-17(21)10-4-15)14-8-16-5-11-18(22)12-6-16;/h3-14H,1-2H3,(H2,23,25);1H. The minimum atomic E-state index is 0. The Bertz CT molecular complexity index is 782.